The van der Waals surface area contributed by atoms with Crippen LogP contribution in [0.3, 0.4) is 0 Å². The Bertz CT molecular complexity index is 1510. The number of benzene rings is 3. The molecule has 0 saturated heterocycles. The molecule has 0 bridgehead atoms. The van der Waals surface area contributed by atoms with Gasteiger partial charge in [-0.1, -0.05) is 59.7 Å². The Kier molecular flexibility index (Phi) is 4.77. The molecule has 7 nitrogen and oxygen atoms in total. The first-order chi connectivity index (χ1) is 16.2. The molecule has 0 amide bonds. The first-order valence-corrected chi connectivity index (χ1v) is 11.3. The number of ketones is 1. The van der Waals surface area contributed by atoms with Crippen LogP contribution in [0.2, 0.25) is 0 Å². The minimum absolute atomic E-state index is 0.0702. The van der Waals surface area contributed by atoms with Gasteiger partial charge in [-0.2, -0.15) is 0 Å². The topological polar surface area (TPSA) is 93.3 Å². The van der Waals surface area contributed by atoms with Crippen LogP contribution < -0.4 is 5.32 Å². The Morgan fingerprint density at radius 2 is 1.79 bits per heavy atom. The van der Waals surface area contributed by atoms with Crippen LogP contribution in [0.5, 0.6) is 0 Å². The summed E-state index contributed by atoms with van der Waals surface area (Å²) in [7, 11) is 0. The third-order valence-corrected chi connectivity index (χ3v) is 6.30. The first-order valence-electron chi connectivity index (χ1n) is 10.4. The summed E-state index contributed by atoms with van der Waals surface area (Å²) in [5.74, 6) is 0.295. The fraction of sp³-hybridized carbons (Fsp3) is 0.0800. The van der Waals surface area contributed by atoms with Gasteiger partial charge in [-0.25, -0.2) is 4.98 Å². The van der Waals surface area contributed by atoms with Crippen molar-refractivity contribution in [3.63, 3.8) is 0 Å². The van der Waals surface area contributed by atoms with Crippen molar-refractivity contribution in [2.24, 2.45) is 4.99 Å². The lowest BCUT2D eigenvalue weighted by atomic mass is 9.96. The van der Waals surface area contributed by atoms with Crippen LogP contribution in [0.1, 0.15) is 16.7 Å². The number of rotatable bonds is 4. The summed E-state index contributed by atoms with van der Waals surface area (Å²) in [6.45, 7) is 0. The van der Waals surface area contributed by atoms with E-state index in [-0.39, 0.29) is 18.2 Å². The Balaban J connectivity index is 1.34. The second-order valence-corrected chi connectivity index (χ2v) is 8.52. The van der Waals surface area contributed by atoms with Crippen molar-refractivity contribution in [2.75, 3.05) is 5.32 Å². The molecule has 3 heterocycles. The van der Waals surface area contributed by atoms with Gasteiger partial charge in [0.15, 0.2) is 11.9 Å². The number of carbonyl (C=O) groups excluding carboxylic acids is 1. The van der Waals surface area contributed by atoms with Crippen LogP contribution in [-0.2, 0) is 11.2 Å². The maximum Gasteiger partial charge on any atom is 0.317 e. The molecule has 0 fully saturated rings. The number of nitrogens with zero attached hydrogens (tertiary/aromatic N) is 4. The van der Waals surface area contributed by atoms with Crippen molar-refractivity contribution >= 4 is 39.1 Å². The van der Waals surface area contributed by atoms with Crippen LogP contribution >= 0.6 is 11.3 Å². The molecule has 5 aromatic rings. The van der Waals surface area contributed by atoms with Crippen molar-refractivity contribution in [2.45, 2.75) is 12.6 Å². The van der Waals surface area contributed by atoms with E-state index in [2.05, 4.69) is 20.5 Å². The second kappa shape index (κ2) is 8.07. The van der Waals surface area contributed by atoms with Gasteiger partial charge < -0.3 is 9.73 Å². The van der Waals surface area contributed by atoms with E-state index in [0.717, 1.165) is 38.2 Å². The van der Waals surface area contributed by atoms with Gasteiger partial charge >= 0.3 is 6.01 Å². The van der Waals surface area contributed by atoms with Gasteiger partial charge in [-0.3, -0.25) is 9.79 Å². The molecule has 0 saturated carbocycles. The zero-order valence-corrected chi connectivity index (χ0v) is 18.1. The van der Waals surface area contributed by atoms with Crippen LogP contribution in [0, 0.1) is 0 Å². The van der Waals surface area contributed by atoms with Gasteiger partial charge in [0, 0.05) is 23.1 Å². The van der Waals surface area contributed by atoms with Crippen molar-refractivity contribution in [3.8, 4) is 11.5 Å². The van der Waals surface area contributed by atoms with Crippen LogP contribution in [0.15, 0.2) is 87.7 Å². The summed E-state index contributed by atoms with van der Waals surface area (Å²) in [4.78, 5) is 22.2. The van der Waals surface area contributed by atoms with Gasteiger partial charge in [0.05, 0.1) is 21.4 Å². The van der Waals surface area contributed by atoms with Crippen LogP contribution in [0.25, 0.3) is 21.7 Å². The van der Waals surface area contributed by atoms with Gasteiger partial charge in [-0.15, -0.1) is 16.4 Å². The van der Waals surface area contributed by atoms with Crippen molar-refractivity contribution in [1.29, 1.82) is 0 Å². The maximum absolute atomic E-state index is 13.1. The number of hydrogen-bond donors (Lipinski definition) is 1. The summed E-state index contributed by atoms with van der Waals surface area (Å²) >= 11 is 1.55. The van der Waals surface area contributed by atoms with E-state index < -0.39 is 6.17 Å². The van der Waals surface area contributed by atoms with Crippen molar-refractivity contribution in [3.05, 3.63) is 95.0 Å². The monoisotopic (exact) mass is 451 g/mol. The number of anilines is 1. The number of aromatic nitrogens is 3. The highest BCUT2D eigenvalue weighted by molar-refractivity contribution is 7.16. The van der Waals surface area contributed by atoms with Crippen molar-refractivity contribution < 1.29 is 9.21 Å². The lowest BCUT2D eigenvalue weighted by Crippen LogP contribution is -2.29. The SMILES string of the molecule is O=C1Cc2ccccc2C(c2ccccc2)=NC1Nc1nnc(-c2ccc3ncsc3c2)o1. The largest absolute Gasteiger partial charge is 0.403 e. The average Bonchev–Trinajstić information content (AvgIpc) is 3.49. The smallest absolute Gasteiger partial charge is 0.317 e. The molecule has 33 heavy (non-hydrogen) atoms. The molecular formula is C25H17N5O2S. The highest BCUT2D eigenvalue weighted by Crippen LogP contribution is 2.27. The molecule has 1 atom stereocenters. The summed E-state index contributed by atoms with van der Waals surface area (Å²) in [5, 5.41) is 11.3. The Labute approximate surface area is 192 Å². The molecule has 6 rings (SSSR count). The van der Waals surface area contributed by atoms with E-state index in [0.29, 0.717) is 5.89 Å². The first kappa shape index (κ1) is 19.5. The van der Waals surface area contributed by atoms with Gasteiger partial charge in [0.2, 0.25) is 5.89 Å². The predicted molar refractivity (Wildman–Crippen MR) is 128 cm³/mol. The minimum Gasteiger partial charge on any atom is -0.403 e. The van der Waals surface area contributed by atoms with E-state index in [9.17, 15) is 4.79 Å². The van der Waals surface area contributed by atoms with E-state index in [1.54, 1.807) is 16.8 Å². The number of hydrogen-bond acceptors (Lipinski definition) is 8. The zero-order valence-electron chi connectivity index (χ0n) is 17.3. The highest BCUT2D eigenvalue weighted by atomic mass is 32.1. The number of nitrogens with one attached hydrogen (secondary N) is 1. The lowest BCUT2D eigenvalue weighted by molar-refractivity contribution is -0.119. The number of thiazole rings is 1. The summed E-state index contributed by atoms with van der Waals surface area (Å²) in [6, 6.07) is 23.6. The third kappa shape index (κ3) is 3.70. The molecule has 2 aromatic heterocycles. The zero-order chi connectivity index (χ0) is 22.2. The number of fused-ring (bicyclic) bond motifs is 2. The van der Waals surface area contributed by atoms with E-state index in [4.69, 9.17) is 9.41 Å². The molecule has 1 unspecified atom stereocenters. The number of aliphatic imine (C=N–C) groups is 1. The maximum atomic E-state index is 13.1. The van der Waals surface area contributed by atoms with E-state index in [1.165, 1.54) is 0 Å². The summed E-state index contributed by atoms with van der Waals surface area (Å²) < 4.78 is 6.87. The Morgan fingerprint density at radius 1 is 0.939 bits per heavy atom. The predicted octanol–water partition coefficient (Wildman–Crippen LogP) is 4.75. The lowest BCUT2D eigenvalue weighted by Gasteiger charge is -2.11. The fourth-order valence-electron chi connectivity index (χ4n) is 3.90. The third-order valence-electron chi connectivity index (χ3n) is 5.51. The normalized spacial score (nSPS) is 15.7. The van der Waals surface area contributed by atoms with Gasteiger partial charge in [-0.05, 0) is 23.8 Å². The number of Topliss-reactive ketones (excluding diaryl/α,β-unsaturated/α-hetero) is 1. The summed E-state index contributed by atoms with van der Waals surface area (Å²) in [5.41, 5.74) is 7.10. The van der Waals surface area contributed by atoms with E-state index in [1.807, 2.05) is 72.8 Å². The molecule has 1 aliphatic heterocycles. The molecule has 0 radical (unpaired) electrons. The number of carbonyl (C=O) groups is 1. The second-order valence-electron chi connectivity index (χ2n) is 7.64. The van der Waals surface area contributed by atoms with Crippen molar-refractivity contribution in [1.82, 2.24) is 15.2 Å². The molecule has 1 aliphatic rings. The highest BCUT2D eigenvalue weighted by Gasteiger charge is 2.27. The van der Waals surface area contributed by atoms with Gasteiger partial charge in [0.1, 0.15) is 0 Å². The average molecular weight is 452 g/mol. The van der Waals surface area contributed by atoms with Crippen LogP contribution in [0.4, 0.5) is 6.01 Å². The summed E-state index contributed by atoms with van der Waals surface area (Å²) in [6.07, 6.45) is -0.582. The molecule has 160 valence electrons. The Morgan fingerprint density at radius 3 is 2.70 bits per heavy atom. The standard InChI is InChI=1S/C25H17N5O2S/c31-20-12-16-8-4-5-9-18(16)22(15-6-2-1-3-7-15)27-23(20)28-25-30-29-24(32-25)17-10-11-19-21(13-17)33-14-26-19/h1-11,13-14,23H,12H2,(H,28,30). The van der Waals surface area contributed by atoms with Gasteiger partial charge in [0.25, 0.3) is 0 Å². The van der Waals surface area contributed by atoms with E-state index >= 15 is 0 Å². The molecular weight excluding hydrogens is 434 g/mol. The Hall–Kier alpha value is -4.17. The molecule has 1 N–H and O–H groups in total. The molecule has 3 aromatic carbocycles. The molecule has 0 spiro atoms. The molecule has 8 heteroatoms. The minimum atomic E-state index is -0.843. The molecule has 0 aliphatic carbocycles. The quantitative estimate of drug-likeness (QED) is 0.424. The van der Waals surface area contributed by atoms with Crippen LogP contribution in [-0.4, -0.2) is 32.8 Å². The fourth-order valence-corrected chi connectivity index (χ4v) is 4.62.